The van der Waals surface area contributed by atoms with Crippen molar-refractivity contribution in [3.8, 4) is 11.3 Å². The van der Waals surface area contributed by atoms with Crippen LogP contribution in [-0.2, 0) is 4.79 Å². The van der Waals surface area contributed by atoms with Crippen molar-refractivity contribution >= 4 is 34.4 Å². The van der Waals surface area contributed by atoms with Crippen LogP contribution < -0.4 is 5.32 Å². The Kier molecular flexibility index (Phi) is 4.12. The van der Waals surface area contributed by atoms with E-state index in [1.165, 1.54) is 0 Å². The van der Waals surface area contributed by atoms with Gasteiger partial charge in [0.15, 0.2) is 0 Å². The summed E-state index contributed by atoms with van der Waals surface area (Å²) in [5.74, 6) is 0.0607. The number of H-pyrrole nitrogens is 1. The Morgan fingerprint density at radius 3 is 3.09 bits per heavy atom. The molecule has 0 aliphatic rings. The van der Waals surface area contributed by atoms with Crippen LogP contribution in [0.25, 0.3) is 22.3 Å². The highest BCUT2D eigenvalue weighted by molar-refractivity contribution is 6.35. The smallest absolute Gasteiger partial charge is 0.232 e. The summed E-state index contributed by atoms with van der Waals surface area (Å²) in [6, 6.07) is 7.35. The number of aromatic amines is 1. The van der Waals surface area contributed by atoms with E-state index < -0.39 is 0 Å². The number of carbonyl (C=O) groups excluding carboxylic acids is 1. The highest BCUT2D eigenvalue weighted by Crippen LogP contribution is 2.26. The van der Waals surface area contributed by atoms with Crippen LogP contribution in [0.2, 0.25) is 5.02 Å². The molecule has 23 heavy (non-hydrogen) atoms. The first-order chi connectivity index (χ1) is 11.1. The zero-order chi connectivity index (χ0) is 16.4. The lowest BCUT2D eigenvalue weighted by Crippen LogP contribution is -2.19. The quantitative estimate of drug-likeness (QED) is 0.711. The number of hydrogen-bond acceptors (Lipinski definition) is 3. The van der Waals surface area contributed by atoms with Gasteiger partial charge in [0.25, 0.3) is 0 Å². The number of anilines is 1. The molecule has 0 saturated heterocycles. The van der Waals surface area contributed by atoms with E-state index in [-0.39, 0.29) is 11.8 Å². The lowest BCUT2D eigenvalue weighted by molar-refractivity contribution is -0.118. The Hall–Kier alpha value is -2.66. The van der Waals surface area contributed by atoms with E-state index in [9.17, 15) is 4.79 Å². The number of nitrogens with one attached hydrogen (secondary N) is 2. The van der Waals surface area contributed by atoms with E-state index >= 15 is 0 Å². The van der Waals surface area contributed by atoms with Gasteiger partial charge in [-0.1, -0.05) is 30.7 Å². The van der Waals surface area contributed by atoms with Crippen LogP contribution >= 0.6 is 11.6 Å². The van der Waals surface area contributed by atoms with Gasteiger partial charge in [-0.3, -0.25) is 4.79 Å². The fourth-order valence-electron chi connectivity index (χ4n) is 2.12. The second-order valence-corrected chi connectivity index (χ2v) is 5.59. The topological polar surface area (TPSA) is 70.7 Å². The molecule has 0 bridgehead atoms. The lowest BCUT2D eigenvalue weighted by atomic mass is 10.1. The third-order valence-corrected chi connectivity index (χ3v) is 3.86. The van der Waals surface area contributed by atoms with Crippen molar-refractivity contribution in [3.05, 3.63) is 54.3 Å². The number of carbonyl (C=O) groups is 1. The largest absolute Gasteiger partial charge is 0.345 e. The monoisotopic (exact) mass is 326 g/mol. The van der Waals surface area contributed by atoms with Crippen LogP contribution in [0, 0.1) is 5.92 Å². The van der Waals surface area contributed by atoms with Gasteiger partial charge in [0, 0.05) is 23.3 Å². The second kappa shape index (κ2) is 6.22. The lowest BCUT2D eigenvalue weighted by Gasteiger charge is -2.09. The molecule has 3 heterocycles. The van der Waals surface area contributed by atoms with E-state index in [2.05, 4.69) is 26.8 Å². The summed E-state index contributed by atoms with van der Waals surface area (Å²) in [5, 5.41) is 4.22. The van der Waals surface area contributed by atoms with E-state index in [0.717, 1.165) is 16.6 Å². The van der Waals surface area contributed by atoms with E-state index in [1.54, 1.807) is 31.5 Å². The molecule has 116 valence electrons. The molecule has 0 spiro atoms. The van der Waals surface area contributed by atoms with Crippen LogP contribution in [-0.4, -0.2) is 20.9 Å². The minimum absolute atomic E-state index is 0.146. The molecule has 1 unspecified atom stereocenters. The summed E-state index contributed by atoms with van der Waals surface area (Å²) in [7, 11) is 0. The minimum atomic E-state index is -0.280. The molecule has 0 saturated carbocycles. The fourth-order valence-corrected chi connectivity index (χ4v) is 2.32. The number of aromatic nitrogens is 3. The first kappa shape index (κ1) is 15.2. The number of nitrogens with zero attached hydrogens (tertiary/aromatic N) is 2. The zero-order valence-corrected chi connectivity index (χ0v) is 13.3. The predicted molar refractivity (Wildman–Crippen MR) is 92.3 cm³/mol. The van der Waals surface area contributed by atoms with Crippen LogP contribution in [0.3, 0.4) is 0 Å². The normalized spacial score (nSPS) is 12.1. The molecule has 5 nitrogen and oxygen atoms in total. The molecule has 3 aromatic rings. The van der Waals surface area contributed by atoms with Gasteiger partial charge < -0.3 is 10.3 Å². The molecule has 0 aliphatic carbocycles. The maximum absolute atomic E-state index is 11.9. The van der Waals surface area contributed by atoms with Crippen molar-refractivity contribution in [1.29, 1.82) is 0 Å². The molecule has 1 amide bonds. The molecule has 0 radical (unpaired) electrons. The molecule has 2 N–H and O–H groups in total. The van der Waals surface area contributed by atoms with Gasteiger partial charge in [0.2, 0.25) is 5.91 Å². The summed E-state index contributed by atoms with van der Waals surface area (Å²) >= 11 is 6.12. The van der Waals surface area contributed by atoms with Gasteiger partial charge in [-0.05, 0) is 18.2 Å². The van der Waals surface area contributed by atoms with Crippen molar-refractivity contribution in [2.45, 2.75) is 6.92 Å². The Labute approximate surface area is 138 Å². The van der Waals surface area contributed by atoms with Gasteiger partial charge in [-0.2, -0.15) is 0 Å². The molecule has 3 rings (SSSR count). The third kappa shape index (κ3) is 3.10. The van der Waals surface area contributed by atoms with Crippen LogP contribution in [0.15, 0.2) is 49.3 Å². The minimum Gasteiger partial charge on any atom is -0.345 e. The first-order valence-electron chi connectivity index (χ1n) is 7.12. The van der Waals surface area contributed by atoms with Crippen LogP contribution in [0.5, 0.6) is 0 Å². The maximum atomic E-state index is 11.9. The Morgan fingerprint density at radius 1 is 1.48 bits per heavy atom. The number of hydrogen-bond donors (Lipinski definition) is 2. The molecule has 0 aliphatic heterocycles. The second-order valence-electron chi connectivity index (χ2n) is 5.18. The SMILES string of the molecule is C=CC(C)C(=O)Nc1cccc(-c2cnc3[nH]cc(Cl)c3c2)n1. The third-order valence-electron chi connectivity index (χ3n) is 3.54. The Balaban J connectivity index is 1.93. The molecular formula is C17H15ClN4O. The summed E-state index contributed by atoms with van der Waals surface area (Å²) in [6.07, 6.45) is 5.00. The Bertz CT molecular complexity index is 887. The van der Waals surface area contributed by atoms with E-state index in [0.29, 0.717) is 16.5 Å². The zero-order valence-electron chi connectivity index (χ0n) is 12.5. The number of rotatable bonds is 4. The van der Waals surface area contributed by atoms with Gasteiger partial charge in [-0.15, -0.1) is 6.58 Å². The summed E-state index contributed by atoms with van der Waals surface area (Å²) in [4.78, 5) is 23.7. The highest BCUT2D eigenvalue weighted by atomic mass is 35.5. The molecule has 1 atom stereocenters. The standard InChI is InChI=1S/C17H15ClN4O/c1-3-10(2)17(23)22-15-6-4-5-14(21-15)11-7-12-13(18)9-20-16(12)19-8-11/h3-10H,1H2,2H3,(H,19,20)(H,21,22,23). The van der Waals surface area contributed by atoms with Crippen molar-refractivity contribution in [2.24, 2.45) is 5.92 Å². The number of pyridine rings is 2. The Morgan fingerprint density at radius 2 is 2.30 bits per heavy atom. The van der Waals surface area contributed by atoms with E-state index in [1.807, 2.05) is 18.2 Å². The summed E-state index contributed by atoms with van der Waals surface area (Å²) in [6.45, 7) is 5.39. The van der Waals surface area contributed by atoms with Crippen molar-refractivity contribution in [2.75, 3.05) is 5.32 Å². The van der Waals surface area contributed by atoms with Crippen molar-refractivity contribution < 1.29 is 4.79 Å². The average Bonchev–Trinajstić information content (AvgIpc) is 2.95. The number of amides is 1. The van der Waals surface area contributed by atoms with Crippen LogP contribution in [0.4, 0.5) is 5.82 Å². The molecule has 0 fully saturated rings. The average molecular weight is 327 g/mol. The molecule has 3 aromatic heterocycles. The molecule has 0 aromatic carbocycles. The van der Waals surface area contributed by atoms with E-state index in [4.69, 9.17) is 11.6 Å². The summed E-state index contributed by atoms with van der Waals surface area (Å²) in [5.41, 5.74) is 2.26. The van der Waals surface area contributed by atoms with Gasteiger partial charge in [0.1, 0.15) is 11.5 Å². The summed E-state index contributed by atoms with van der Waals surface area (Å²) < 4.78 is 0. The maximum Gasteiger partial charge on any atom is 0.232 e. The predicted octanol–water partition coefficient (Wildman–Crippen LogP) is 4.04. The van der Waals surface area contributed by atoms with Crippen LogP contribution in [0.1, 0.15) is 6.92 Å². The first-order valence-corrected chi connectivity index (χ1v) is 7.50. The number of fused-ring (bicyclic) bond motifs is 1. The van der Waals surface area contributed by atoms with Gasteiger partial charge in [0.05, 0.1) is 16.6 Å². The van der Waals surface area contributed by atoms with Crippen molar-refractivity contribution in [3.63, 3.8) is 0 Å². The molecule has 6 heteroatoms. The molecular weight excluding hydrogens is 312 g/mol. The highest BCUT2D eigenvalue weighted by Gasteiger charge is 2.11. The van der Waals surface area contributed by atoms with Crippen molar-refractivity contribution in [1.82, 2.24) is 15.0 Å². The van der Waals surface area contributed by atoms with Gasteiger partial charge in [-0.25, -0.2) is 9.97 Å². The van der Waals surface area contributed by atoms with Gasteiger partial charge >= 0.3 is 0 Å². The fraction of sp³-hybridized carbons (Fsp3) is 0.118. The number of halogens is 1.